The van der Waals surface area contributed by atoms with Crippen LogP contribution in [0.4, 0.5) is 5.69 Å². The van der Waals surface area contributed by atoms with Crippen LogP contribution in [0.3, 0.4) is 0 Å². The number of carbonyl (C=O) groups excluding carboxylic acids is 1. The summed E-state index contributed by atoms with van der Waals surface area (Å²) in [6, 6.07) is 6.33. The van der Waals surface area contributed by atoms with Gasteiger partial charge >= 0.3 is 5.97 Å². The third kappa shape index (κ3) is 6.78. The van der Waals surface area contributed by atoms with E-state index in [1.54, 1.807) is 39.0 Å². The number of nitro groups is 1. The third-order valence-electron chi connectivity index (χ3n) is 2.76. The van der Waals surface area contributed by atoms with Crippen molar-refractivity contribution in [1.29, 1.82) is 0 Å². The number of carbonyl (C=O) groups is 1. The molecule has 0 unspecified atom stereocenters. The zero-order valence-electron chi connectivity index (χ0n) is 14.6. The lowest BCUT2D eigenvalue weighted by Gasteiger charge is -2.29. The average Bonchev–Trinajstić information content (AvgIpc) is 2.34. The summed E-state index contributed by atoms with van der Waals surface area (Å²) >= 11 is 0. The molecule has 0 N–H and O–H groups in total. The topological polar surface area (TPSA) is 78.7 Å². The second-order valence-corrected chi connectivity index (χ2v) is 7.34. The van der Waals surface area contributed by atoms with E-state index < -0.39 is 28.2 Å². The molecule has 1 atom stereocenters. The lowest BCUT2D eigenvalue weighted by Crippen LogP contribution is -2.39. The van der Waals surface area contributed by atoms with Gasteiger partial charge in [0.05, 0.1) is 10.5 Å². The lowest BCUT2D eigenvalue weighted by atomic mass is 10.0. The zero-order chi connectivity index (χ0) is 17.8. The number of ether oxygens (including phenoxy) is 2. The van der Waals surface area contributed by atoms with Gasteiger partial charge in [0.2, 0.25) is 0 Å². The highest BCUT2D eigenvalue weighted by molar-refractivity contribution is 5.76. The standard InChI is InChI=1S/C17H25NO5/c1-16(2,3)22-14(15(19)23-17(4,5)6)11-12-9-7-8-10-13(12)18(20)21/h7-10,14H,11H2,1-6H3/t14-/m0/s1. The number of nitro benzene ring substituents is 1. The van der Waals surface area contributed by atoms with E-state index in [0.29, 0.717) is 5.56 Å². The van der Waals surface area contributed by atoms with Crippen LogP contribution >= 0.6 is 0 Å². The molecule has 0 spiro atoms. The highest BCUT2D eigenvalue weighted by atomic mass is 16.6. The summed E-state index contributed by atoms with van der Waals surface area (Å²) in [5.41, 5.74) is -0.819. The molecule has 0 bridgehead atoms. The largest absolute Gasteiger partial charge is 0.458 e. The number of hydrogen-bond donors (Lipinski definition) is 0. The van der Waals surface area contributed by atoms with Crippen LogP contribution in [0.5, 0.6) is 0 Å². The highest BCUT2D eigenvalue weighted by Crippen LogP contribution is 2.24. The van der Waals surface area contributed by atoms with Crippen molar-refractivity contribution in [1.82, 2.24) is 0 Å². The normalized spacial score (nSPS) is 13.5. The lowest BCUT2D eigenvalue weighted by molar-refractivity contribution is -0.385. The van der Waals surface area contributed by atoms with Gasteiger partial charge in [-0.15, -0.1) is 0 Å². The van der Waals surface area contributed by atoms with Gasteiger partial charge in [-0.1, -0.05) is 18.2 Å². The Morgan fingerprint density at radius 1 is 1.13 bits per heavy atom. The number of esters is 1. The predicted molar refractivity (Wildman–Crippen MR) is 87.3 cm³/mol. The summed E-state index contributed by atoms with van der Waals surface area (Å²) in [7, 11) is 0. The molecule has 0 aliphatic rings. The summed E-state index contributed by atoms with van der Waals surface area (Å²) in [5, 5.41) is 11.1. The van der Waals surface area contributed by atoms with Gasteiger partial charge < -0.3 is 9.47 Å². The van der Waals surface area contributed by atoms with Gasteiger partial charge in [-0.05, 0) is 41.5 Å². The second kappa shape index (κ2) is 7.08. The molecule has 6 heteroatoms. The Morgan fingerprint density at radius 2 is 1.70 bits per heavy atom. The minimum atomic E-state index is -0.907. The molecular formula is C17H25NO5. The van der Waals surface area contributed by atoms with Crippen LogP contribution < -0.4 is 0 Å². The monoisotopic (exact) mass is 323 g/mol. The molecule has 0 radical (unpaired) electrons. The van der Waals surface area contributed by atoms with Gasteiger partial charge in [0.25, 0.3) is 5.69 Å². The highest BCUT2D eigenvalue weighted by Gasteiger charge is 2.31. The van der Waals surface area contributed by atoms with E-state index in [9.17, 15) is 14.9 Å². The van der Waals surface area contributed by atoms with E-state index in [1.165, 1.54) is 6.07 Å². The fraction of sp³-hybridized carbons (Fsp3) is 0.588. The molecule has 0 aliphatic heterocycles. The maximum absolute atomic E-state index is 12.4. The summed E-state index contributed by atoms with van der Waals surface area (Å²) in [4.78, 5) is 23.1. The number of nitrogens with zero attached hydrogens (tertiary/aromatic N) is 1. The van der Waals surface area contributed by atoms with E-state index in [4.69, 9.17) is 9.47 Å². The van der Waals surface area contributed by atoms with Gasteiger partial charge in [0.15, 0.2) is 6.10 Å². The molecule has 0 saturated carbocycles. The molecule has 0 heterocycles. The molecular weight excluding hydrogens is 298 g/mol. The van der Waals surface area contributed by atoms with Gasteiger partial charge in [-0.2, -0.15) is 0 Å². The quantitative estimate of drug-likeness (QED) is 0.469. The van der Waals surface area contributed by atoms with Crippen LogP contribution in [-0.4, -0.2) is 28.2 Å². The first kappa shape index (κ1) is 19.1. The van der Waals surface area contributed by atoms with E-state index in [0.717, 1.165) is 0 Å². The van der Waals surface area contributed by atoms with Crippen molar-refractivity contribution in [2.24, 2.45) is 0 Å². The van der Waals surface area contributed by atoms with Gasteiger partial charge in [0.1, 0.15) is 5.60 Å². The van der Waals surface area contributed by atoms with E-state index >= 15 is 0 Å². The third-order valence-corrected chi connectivity index (χ3v) is 2.76. The number of hydrogen-bond acceptors (Lipinski definition) is 5. The molecule has 23 heavy (non-hydrogen) atoms. The molecule has 1 rings (SSSR count). The van der Waals surface area contributed by atoms with Crippen LogP contribution in [0.25, 0.3) is 0 Å². The van der Waals surface area contributed by atoms with Crippen LogP contribution in [0.1, 0.15) is 47.1 Å². The van der Waals surface area contributed by atoms with Crippen LogP contribution in [-0.2, 0) is 20.7 Å². The molecule has 0 saturated heterocycles. The minimum absolute atomic E-state index is 0.0291. The molecule has 1 aromatic carbocycles. The van der Waals surface area contributed by atoms with Gasteiger partial charge in [-0.3, -0.25) is 10.1 Å². The fourth-order valence-corrected chi connectivity index (χ4v) is 2.03. The minimum Gasteiger partial charge on any atom is -0.458 e. The maximum Gasteiger partial charge on any atom is 0.336 e. The second-order valence-electron chi connectivity index (χ2n) is 7.34. The van der Waals surface area contributed by atoms with Crippen molar-refractivity contribution >= 4 is 11.7 Å². The Hall–Kier alpha value is -1.95. The van der Waals surface area contributed by atoms with E-state index in [2.05, 4.69) is 0 Å². The number of rotatable bonds is 5. The first-order chi connectivity index (χ1) is 10.4. The fourth-order valence-electron chi connectivity index (χ4n) is 2.03. The Morgan fingerprint density at radius 3 is 2.17 bits per heavy atom. The van der Waals surface area contributed by atoms with Crippen LogP contribution in [0, 0.1) is 10.1 Å². The SMILES string of the molecule is CC(C)(C)OC(=O)[C@H](Cc1ccccc1[N+](=O)[O-])OC(C)(C)C. The Bertz CT molecular complexity index is 569. The number of para-hydroxylation sites is 1. The Labute approximate surface area is 136 Å². The molecule has 0 amide bonds. The molecule has 6 nitrogen and oxygen atoms in total. The first-order valence-corrected chi connectivity index (χ1v) is 7.52. The van der Waals surface area contributed by atoms with Crippen molar-refractivity contribution in [3.8, 4) is 0 Å². The smallest absolute Gasteiger partial charge is 0.336 e. The van der Waals surface area contributed by atoms with Crippen molar-refractivity contribution in [2.75, 3.05) is 0 Å². The zero-order valence-corrected chi connectivity index (χ0v) is 14.6. The maximum atomic E-state index is 12.4. The Kier molecular flexibility index (Phi) is 5.88. The van der Waals surface area contributed by atoms with Crippen LogP contribution in [0.15, 0.2) is 24.3 Å². The van der Waals surface area contributed by atoms with Crippen LogP contribution in [0.2, 0.25) is 0 Å². The summed E-state index contributed by atoms with van der Waals surface area (Å²) < 4.78 is 11.2. The van der Waals surface area contributed by atoms with Crippen molar-refractivity contribution in [3.63, 3.8) is 0 Å². The van der Waals surface area contributed by atoms with Crippen molar-refractivity contribution in [3.05, 3.63) is 39.9 Å². The molecule has 0 aromatic heterocycles. The summed E-state index contributed by atoms with van der Waals surface area (Å²) in [5.74, 6) is -0.523. The molecule has 0 fully saturated rings. The molecule has 1 aromatic rings. The first-order valence-electron chi connectivity index (χ1n) is 7.52. The van der Waals surface area contributed by atoms with E-state index in [1.807, 2.05) is 20.8 Å². The summed E-state index contributed by atoms with van der Waals surface area (Å²) in [6.07, 6.45) is -0.820. The predicted octanol–water partition coefficient (Wildman–Crippen LogP) is 3.66. The summed E-state index contributed by atoms with van der Waals surface area (Å²) in [6.45, 7) is 10.8. The molecule has 128 valence electrons. The van der Waals surface area contributed by atoms with Gasteiger partial charge in [0, 0.05) is 18.1 Å². The van der Waals surface area contributed by atoms with Gasteiger partial charge in [-0.25, -0.2) is 4.79 Å². The van der Waals surface area contributed by atoms with Crippen molar-refractivity contribution in [2.45, 2.75) is 65.3 Å². The Balaban J connectivity index is 3.07. The van der Waals surface area contributed by atoms with E-state index in [-0.39, 0.29) is 12.1 Å². The number of benzene rings is 1. The average molecular weight is 323 g/mol. The van der Waals surface area contributed by atoms with Crippen molar-refractivity contribution < 1.29 is 19.2 Å². The molecule has 0 aliphatic carbocycles.